The zero-order chi connectivity index (χ0) is 9.68. The largest absolute Gasteiger partial charge is 0.302 e. The molecule has 0 saturated heterocycles. The summed E-state index contributed by atoms with van der Waals surface area (Å²) < 4.78 is 0. The molecule has 72 valence electrons. The van der Waals surface area contributed by atoms with Gasteiger partial charge in [-0.05, 0) is 30.7 Å². The lowest BCUT2D eigenvalue weighted by Gasteiger charge is -2.18. The van der Waals surface area contributed by atoms with Gasteiger partial charge in [0, 0.05) is 25.5 Å². The fourth-order valence-corrected chi connectivity index (χ4v) is 1.49. The third-order valence-corrected chi connectivity index (χ3v) is 1.88. The van der Waals surface area contributed by atoms with Crippen LogP contribution in [0.25, 0.3) is 0 Å². The van der Waals surface area contributed by atoms with Gasteiger partial charge in [0.1, 0.15) is 0 Å². The Labute approximate surface area is 80.6 Å². The van der Waals surface area contributed by atoms with E-state index in [1.165, 1.54) is 5.56 Å². The Balaban J connectivity index is 2.41. The maximum absolute atomic E-state index is 4.00. The summed E-state index contributed by atoms with van der Waals surface area (Å²) in [7, 11) is 2.15. The summed E-state index contributed by atoms with van der Waals surface area (Å²) in [6.45, 7) is 6.63. The molecule has 2 nitrogen and oxygen atoms in total. The summed E-state index contributed by atoms with van der Waals surface area (Å²) in [5, 5.41) is 0. The van der Waals surface area contributed by atoms with E-state index < -0.39 is 0 Å². The SMILES string of the molecule is CC(C)CN(C)Cc1ccncc1. The number of pyridine rings is 1. The second kappa shape index (κ2) is 4.97. The molecule has 1 heterocycles. The summed E-state index contributed by atoms with van der Waals surface area (Å²) in [6, 6.07) is 4.13. The number of hydrogen-bond donors (Lipinski definition) is 0. The highest BCUT2D eigenvalue weighted by Crippen LogP contribution is 2.03. The highest BCUT2D eigenvalue weighted by molar-refractivity contribution is 5.09. The lowest BCUT2D eigenvalue weighted by molar-refractivity contribution is 0.288. The highest BCUT2D eigenvalue weighted by Gasteiger charge is 2.01. The summed E-state index contributed by atoms with van der Waals surface area (Å²) in [6.07, 6.45) is 3.69. The molecular formula is C11H18N2. The summed E-state index contributed by atoms with van der Waals surface area (Å²) in [4.78, 5) is 6.33. The van der Waals surface area contributed by atoms with Crippen molar-refractivity contribution >= 4 is 0 Å². The molecule has 0 unspecified atom stereocenters. The molecule has 0 bridgehead atoms. The molecule has 0 amide bonds. The Hall–Kier alpha value is -0.890. The fraction of sp³-hybridized carbons (Fsp3) is 0.545. The highest BCUT2D eigenvalue weighted by atomic mass is 15.1. The first-order chi connectivity index (χ1) is 6.18. The zero-order valence-corrected chi connectivity index (χ0v) is 8.70. The molecule has 1 aromatic rings. The average Bonchev–Trinajstić information content (AvgIpc) is 2.04. The molecule has 0 atom stereocenters. The van der Waals surface area contributed by atoms with Gasteiger partial charge in [-0.2, -0.15) is 0 Å². The Morgan fingerprint density at radius 1 is 1.31 bits per heavy atom. The van der Waals surface area contributed by atoms with Crippen LogP contribution in [0.15, 0.2) is 24.5 Å². The molecular weight excluding hydrogens is 160 g/mol. The van der Waals surface area contributed by atoms with Gasteiger partial charge in [-0.3, -0.25) is 4.98 Å². The second-order valence-electron chi connectivity index (χ2n) is 3.95. The molecule has 0 saturated carbocycles. The molecule has 0 aromatic carbocycles. The van der Waals surface area contributed by atoms with Crippen LogP contribution < -0.4 is 0 Å². The molecule has 0 N–H and O–H groups in total. The van der Waals surface area contributed by atoms with E-state index in [1.54, 1.807) is 0 Å². The Kier molecular flexibility index (Phi) is 3.90. The maximum atomic E-state index is 4.00. The van der Waals surface area contributed by atoms with E-state index in [0.717, 1.165) is 19.0 Å². The van der Waals surface area contributed by atoms with E-state index in [1.807, 2.05) is 12.4 Å². The molecule has 0 spiro atoms. The number of hydrogen-bond acceptors (Lipinski definition) is 2. The number of nitrogens with zero attached hydrogens (tertiary/aromatic N) is 2. The quantitative estimate of drug-likeness (QED) is 0.702. The normalized spacial score (nSPS) is 11.2. The maximum Gasteiger partial charge on any atom is 0.0271 e. The van der Waals surface area contributed by atoms with Crippen LogP contribution in [-0.2, 0) is 6.54 Å². The summed E-state index contributed by atoms with van der Waals surface area (Å²) in [5.41, 5.74) is 1.33. The van der Waals surface area contributed by atoms with Crippen molar-refractivity contribution in [1.29, 1.82) is 0 Å². The minimum absolute atomic E-state index is 0.729. The topological polar surface area (TPSA) is 16.1 Å². The standard InChI is InChI=1S/C11H18N2/c1-10(2)8-13(3)9-11-4-6-12-7-5-11/h4-7,10H,8-9H2,1-3H3. The van der Waals surface area contributed by atoms with Crippen LogP contribution >= 0.6 is 0 Å². The summed E-state index contributed by atoms with van der Waals surface area (Å²) in [5.74, 6) is 0.729. The molecule has 1 rings (SSSR count). The van der Waals surface area contributed by atoms with Crippen molar-refractivity contribution in [2.75, 3.05) is 13.6 Å². The van der Waals surface area contributed by atoms with Gasteiger partial charge in [0.15, 0.2) is 0 Å². The van der Waals surface area contributed by atoms with Crippen LogP contribution in [0.4, 0.5) is 0 Å². The monoisotopic (exact) mass is 178 g/mol. The van der Waals surface area contributed by atoms with Crippen LogP contribution in [0.5, 0.6) is 0 Å². The lowest BCUT2D eigenvalue weighted by atomic mass is 10.2. The molecule has 0 aliphatic rings. The first-order valence-electron chi connectivity index (χ1n) is 4.76. The minimum Gasteiger partial charge on any atom is -0.302 e. The molecule has 2 heteroatoms. The van der Waals surface area contributed by atoms with Crippen LogP contribution in [0.3, 0.4) is 0 Å². The molecule has 0 radical (unpaired) electrons. The van der Waals surface area contributed by atoms with Crippen molar-refractivity contribution < 1.29 is 0 Å². The third kappa shape index (κ3) is 4.04. The zero-order valence-electron chi connectivity index (χ0n) is 8.70. The second-order valence-corrected chi connectivity index (χ2v) is 3.95. The molecule has 0 fully saturated rings. The van der Waals surface area contributed by atoms with Crippen molar-refractivity contribution in [3.63, 3.8) is 0 Å². The predicted molar refractivity (Wildman–Crippen MR) is 55.4 cm³/mol. The Bertz CT molecular complexity index is 231. The number of rotatable bonds is 4. The van der Waals surface area contributed by atoms with Gasteiger partial charge in [0.25, 0.3) is 0 Å². The van der Waals surface area contributed by atoms with E-state index >= 15 is 0 Å². The fourth-order valence-electron chi connectivity index (χ4n) is 1.49. The summed E-state index contributed by atoms with van der Waals surface area (Å²) >= 11 is 0. The van der Waals surface area contributed by atoms with E-state index in [0.29, 0.717) is 0 Å². The van der Waals surface area contributed by atoms with Crippen LogP contribution in [0.1, 0.15) is 19.4 Å². The molecule has 13 heavy (non-hydrogen) atoms. The molecule has 0 aliphatic carbocycles. The van der Waals surface area contributed by atoms with E-state index in [4.69, 9.17) is 0 Å². The Morgan fingerprint density at radius 2 is 1.92 bits per heavy atom. The van der Waals surface area contributed by atoms with Crippen molar-refractivity contribution in [3.8, 4) is 0 Å². The Morgan fingerprint density at radius 3 is 2.46 bits per heavy atom. The van der Waals surface area contributed by atoms with Crippen LogP contribution in [-0.4, -0.2) is 23.5 Å². The van der Waals surface area contributed by atoms with E-state index in [-0.39, 0.29) is 0 Å². The average molecular weight is 178 g/mol. The smallest absolute Gasteiger partial charge is 0.0271 e. The van der Waals surface area contributed by atoms with Gasteiger partial charge < -0.3 is 4.90 Å². The van der Waals surface area contributed by atoms with Crippen molar-refractivity contribution in [1.82, 2.24) is 9.88 Å². The van der Waals surface area contributed by atoms with Gasteiger partial charge in [-0.25, -0.2) is 0 Å². The van der Waals surface area contributed by atoms with E-state index in [2.05, 4.69) is 42.9 Å². The van der Waals surface area contributed by atoms with Gasteiger partial charge in [-0.1, -0.05) is 13.8 Å². The lowest BCUT2D eigenvalue weighted by Crippen LogP contribution is -2.22. The number of aromatic nitrogens is 1. The van der Waals surface area contributed by atoms with Crippen molar-refractivity contribution in [2.45, 2.75) is 20.4 Å². The van der Waals surface area contributed by atoms with Gasteiger partial charge >= 0.3 is 0 Å². The van der Waals surface area contributed by atoms with Crippen molar-refractivity contribution in [2.24, 2.45) is 5.92 Å². The van der Waals surface area contributed by atoms with Crippen LogP contribution in [0.2, 0.25) is 0 Å². The first-order valence-corrected chi connectivity index (χ1v) is 4.76. The van der Waals surface area contributed by atoms with Gasteiger partial charge in [0.2, 0.25) is 0 Å². The molecule has 1 aromatic heterocycles. The first kappa shape index (κ1) is 10.2. The third-order valence-electron chi connectivity index (χ3n) is 1.88. The van der Waals surface area contributed by atoms with Crippen LogP contribution in [0, 0.1) is 5.92 Å². The van der Waals surface area contributed by atoms with Crippen molar-refractivity contribution in [3.05, 3.63) is 30.1 Å². The molecule has 0 aliphatic heterocycles. The van der Waals surface area contributed by atoms with Gasteiger partial charge in [0.05, 0.1) is 0 Å². The minimum atomic E-state index is 0.729. The van der Waals surface area contributed by atoms with E-state index in [9.17, 15) is 0 Å². The predicted octanol–water partition coefficient (Wildman–Crippen LogP) is 2.17. The van der Waals surface area contributed by atoms with Gasteiger partial charge in [-0.15, -0.1) is 0 Å².